The number of carbonyl (C=O) groups is 1. The Bertz CT molecular complexity index is 645. The molecule has 5 heteroatoms. The molecule has 1 aromatic carbocycles. The lowest BCUT2D eigenvalue weighted by atomic mass is 9.89. The molecule has 0 unspecified atom stereocenters. The number of hydrogen-bond donors (Lipinski definition) is 1. The Balaban J connectivity index is 1.69. The minimum absolute atomic E-state index is 0.113. The molecule has 0 spiro atoms. The van der Waals surface area contributed by atoms with Crippen LogP contribution in [-0.2, 0) is 0 Å². The molecule has 1 amide bonds. The van der Waals surface area contributed by atoms with Gasteiger partial charge in [-0.05, 0) is 42.8 Å². The fourth-order valence-corrected chi connectivity index (χ4v) is 3.83. The lowest BCUT2D eigenvalue weighted by Crippen LogP contribution is -2.38. The molecule has 0 bridgehead atoms. The summed E-state index contributed by atoms with van der Waals surface area (Å²) in [6.45, 7) is 3.54. The molecule has 2 heterocycles. The first-order valence-corrected chi connectivity index (χ1v) is 8.46. The highest BCUT2D eigenvalue weighted by Crippen LogP contribution is 2.31. The van der Waals surface area contributed by atoms with Crippen molar-refractivity contribution in [2.75, 3.05) is 25.5 Å². The highest BCUT2D eigenvalue weighted by atomic mass is 32.1. The zero-order valence-corrected chi connectivity index (χ0v) is 13.8. The molecular weight excluding hydrogens is 294 g/mol. The molecule has 0 radical (unpaired) electrons. The normalized spacial score (nSPS) is 15.8. The molecule has 1 aliphatic rings. The number of likely N-dealkylation sites (tertiary alicyclic amines) is 1. The van der Waals surface area contributed by atoms with Gasteiger partial charge in [0.1, 0.15) is 5.00 Å². The second kappa shape index (κ2) is 6.48. The zero-order valence-electron chi connectivity index (χ0n) is 13.0. The van der Waals surface area contributed by atoms with Crippen LogP contribution in [0.1, 0.15) is 40.4 Å². The molecular formula is C17H21N3OS. The quantitative estimate of drug-likeness (QED) is 0.942. The molecule has 1 aliphatic heterocycles. The van der Waals surface area contributed by atoms with Crippen molar-refractivity contribution in [1.29, 1.82) is 0 Å². The highest BCUT2D eigenvalue weighted by molar-refractivity contribution is 7.10. The van der Waals surface area contributed by atoms with Crippen molar-refractivity contribution in [3.05, 3.63) is 47.2 Å². The van der Waals surface area contributed by atoms with Gasteiger partial charge < -0.3 is 10.2 Å². The lowest BCUT2D eigenvalue weighted by molar-refractivity contribution is 0.0713. The molecule has 0 saturated carbocycles. The first kappa shape index (κ1) is 15.0. The minimum Gasteiger partial charge on any atom is -0.378 e. The Morgan fingerprint density at radius 2 is 1.95 bits per heavy atom. The van der Waals surface area contributed by atoms with Crippen LogP contribution in [0.5, 0.6) is 0 Å². The van der Waals surface area contributed by atoms with E-state index >= 15 is 0 Å². The average Bonchev–Trinajstić information content (AvgIpc) is 2.96. The number of rotatable bonds is 3. The summed E-state index contributed by atoms with van der Waals surface area (Å²) in [6.07, 6.45) is 2.06. The van der Waals surface area contributed by atoms with E-state index in [0.29, 0.717) is 5.92 Å². The van der Waals surface area contributed by atoms with Gasteiger partial charge >= 0.3 is 0 Å². The fraction of sp³-hybridized carbons (Fsp3) is 0.412. The van der Waals surface area contributed by atoms with E-state index in [4.69, 9.17) is 0 Å². The number of piperidine rings is 1. The largest absolute Gasteiger partial charge is 0.378 e. The van der Waals surface area contributed by atoms with Gasteiger partial charge in [0.15, 0.2) is 0 Å². The number of nitrogens with zero attached hydrogens (tertiary/aromatic N) is 2. The maximum absolute atomic E-state index is 12.8. The Kier molecular flexibility index (Phi) is 4.43. The summed E-state index contributed by atoms with van der Waals surface area (Å²) in [5.74, 6) is 0.679. The maximum Gasteiger partial charge on any atom is 0.258 e. The molecule has 0 aliphatic carbocycles. The number of hydrogen-bond acceptors (Lipinski definition) is 4. The van der Waals surface area contributed by atoms with Crippen molar-refractivity contribution in [3.63, 3.8) is 0 Å². The molecule has 2 aromatic rings. The van der Waals surface area contributed by atoms with Gasteiger partial charge in [-0.3, -0.25) is 4.79 Å². The summed E-state index contributed by atoms with van der Waals surface area (Å²) in [5, 5.41) is 3.95. The van der Waals surface area contributed by atoms with Crippen LogP contribution in [-0.4, -0.2) is 35.3 Å². The number of amides is 1. The summed E-state index contributed by atoms with van der Waals surface area (Å²) in [4.78, 5) is 14.7. The molecule has 1 N–H and O–H groups in total. The first-order valence-electron chi connectivity index (χ1n) is 7.69. The van der Waals surface area contributed by atoms with Crippen LogP contribution in [0.3, 0.4) is 0 Å². The molecule has 116 valence electrons. The van der Waals surface area contributed by atoms with Crippen LogP contribution >= 0.6 is 11.5 Å². The number of aryl methyl sites for hydroxylation is 1. The van der Waals surface area contributed by atoms with Crippen LogP contribution < -0.4 is 5.32 Å². The molecule has 3 rings (SSSR count). The van der Waals surface area contributed by atoms with Gasteiger partial charge in [0.25, 0.3) is 5.91 Å². The smallest absolute Gasteiger partial charge is 0.258 e. The van der Waals surface area contributed by atoms with Crippen LogP contribution in [0.4, 0.5) is 5.00 Å². The van der Waals surface area contributed by atoms with Gasteiger partial charge in [0.2, 0.25) is 0 Å². The third-order valence-corrected chi connectivity index (χ3v) is 5.31. The second-order valence-corrected chi connectivity index (χ2v) is 6.47. The van der Waals surface area contributed by atoms with Crippen molar-refractivity contribution in [3.8, 4) is 0 Å². The average molecular weight is 315 g/mol. The molecule has 1 aromatic heterocycles. The Morgan fingerprint density at radius 3 is 2.59 bits per heavy atom. The summed E-state index contributed by atoms with van der Waals surface area (Å²) in [7, 11) is 1.84. The van der Waals surface area contributed by atoms with Crippen LogP contribution in [0.2, 0.25) is 0 Å². The van der Waals surface area contributed by atoms with Crippen molar-refractivity contribution in [2.45, 2.75) is 25.7 Å². The van der Waals surface area contributed by atoms with Crippen LogP contribution in [0, 0.1) is 6.92 Å². The third kappa shape index (κ3) is 2.86. The predicted octanol–water partition coefficient (Wildman–Crippen LogP) is 3.51. The number of carbonyl (C=O) groups excluding carboxylic acids is 1. The SMILES string of the molecule is CNc1snc(C)c1C(=O)N1CCC(c2ccccc2)CC1. The molecule has 4 nitrogen and oxygen atoms in total. The third-order valence-electron chi connectivity index (χ3n) is 4.36. The number of benzene rings is 1. The monoisotopic (exact) mass is 315 g/mol. The predicted molar refractivity (Wildman–Crippen MR) is 90.7 cm³/mol. The lowest BCUT2D eigenvalue weighted by Gasteiger charge is -2.32. The molecule has 22 heavy (non-hydrogen) atoms. The minimum atomic E-state index is 0.113. The van der Waals surface area contributed by atoms with Crippen molar-refractivity contribution < 1.29 is 4.79 Å². The second-order valence-electron chi connectivity index (χ2n) is 5.70. The van der Waals surface area contributed by atoms with E-state index in [1.54, 1.807) is 0 Å². The van der Waals surface area contributed by atoms with Gasteiger partial charge in [0.05, 0.1) is 11.3 Å². The summed E-state index contributed by atoms with van der Waals surface area (Å²) >= 11 is 1.36. The number of anilines is 1. The van der Waals surface area contributed by atoms with E-state index in [-0.39, 0.29) is 5.91 Å². The van der Waals surface area contributed by atoms with Crippen LogP contribution in [0.15, 0.2) is 30.3 Å². The first-order chi connectivity index (χ1) is 10.7. The molecule has 1 saturated heterocycles. The summed E-state index contributed by atoms with van der Waals surface area (Å²) in [5.41, 5.74) is 2.95. The van der Waals surface area contributed by atoms with Gasteiger partial charge in [-0.25, -0.2) is 0 Å². The van der Waals surface area contributed by atoms with Crippen molar-refractivity contribution in [1.82, 2.24) is 9.27 Å². The van der Waals surface area contributed by atoms with Crippen molar-refractivity contribution in [2.24, 2.45) is 0 Å². The fourth-order valence-electron chi connectivity index (χ4n) is 3.09. The van der Waals surface area contributed by atoms with E-state index in [1.165, 1.54) is 17.1 Å². The van der Waals surface area contributed by atoms with E-state index in [9.17, 15) is 4.79 Å². The van der Waals surface area contributed by atoms with Crippen molar-refractivity contribution >= 4 is 22.4 Å². The summed E-state index contributed by atoms with van der Waals surface area (Å²) < 4.78 is 4.30. The zero-order chi connectivity index (χ0) is 15.5. The molecule has 0 atom stereocenters. The topological polar surface area (TPSA) is 45.2 Å². The Labute approximate surface area is 135 Å². The standard InChI is InChI=1S/C17H21N3OS/c1-12-15(16(18-2)22-19-12)17(21)20-10-8-14(9-11-20)13-6-4-3-5-7-13/h3-7,14,18H,8-11H2,1-2H3. The van der Waals surface area contributed by atoms with Gasteiger partial charge in [-0.1, -0.05) is 30.3 Å². The van der Waals surface area contributed by atoms with E-state index in [2.05, 4.69) is 34.0 Å². The summed E-state index contributed by atoms with van der Waals surface area (Å²) in [6, 6.07) is 10.6. The maximum atomic E-state index is 12.8. The van der Waals surface area contributed by atoms with E-state index < -0.39 is 0 Å². The van der Waals surface area contributed by atoms with E-state index in [1.807, 2.05) is 24.9 Å². The Morgan fingerprint density at radius 1 is 1.27 bits per heavy atom. The van der Waals surface area contributed by atoms with E-state index in [0.717, 1.165) is 42.2 Å². The van der Waals surface area contributed by atoms with Gasteiger partial charge in [-0.2, -0.15) is 4.37 Å². The van der Waals surface area contributed by atoms with Gasteiger partial charge in [-0.15, -0.1) is 0 Å². The number of nitrogens with one attached hydrogen (secondary N) is 1. The highest BCUT2D eigenvalue weighted by Gasteiger charge is 2.27. The Hall–Kier alpha value is -1.88. The molecule has 1 fully saturated rings. The van der Waals surface area contributed by atoms with Crippen LogP contribution in [0.25, 0.3) is 0 Å². The number of aromatic nitrogens is 1. The van der Waals surface area contributed by atoms with Gasteiger partial charge in [0, 0.05) is 20.1 Å².